The van der Waals surface area contributed by atoms with Crippen LogP contribution in [0.1, 0.15) is 0 Å². The monoisotopic (exact) mass is 167 g/mol. The van der Waals surface area contributed by atoms with Gasteiger partial charge < -0.3 is 10.1 Å². The Morgan fingerprint density at radius 1 is 1.33 bits per heavy atom. The van der Waals surface area contributed by atoms with Crippen molar-refractivity contribution in [3.63, 3.8) is 0 Å². The lowest BCUT2D eigenvalue weighted by Crippen LogP contribution is -2.23. The summed E-state index contributed by atoms with van der Waals surface area (Å²) in [6.07, 6.45) is 1.19. The van der Waals surface area contributed by atoms with Gasteiger partial charge in [0.2, 0.25) is 5.88 Å². The molecule has 0 atom stereocenters. The molecule has 0 bridgehead atoms. The molecule has 0 radical (unpaired) electrons. The van der Waals surface area contributed by atoms with E-state index in [9.17, 15) is 9.59 Å². The van der Waals surface area contributed by atoms with Gasteiger partial charge in [0.15, 0.2) is 0 Å². The van der Waals surface area contributed by atoms with Gasteiger partial charge in [-0.1, -0.05) is 0 Å². The van der Waals surface area contributed by atoms with Gasteiger partial charge in [-0.15, -0.1) is 0 Å². The molecule has 6 nitrogen and oxygen atoms in total. The van der Waals surface area contributed by atoms with Crippen molar-refractivity contribution in [1.82, 2.24) is 14.4 Å². The number of hydrogen-bond acceptors (Lipinski definition) is 3. The summed E-state index contributed by atoms with van der Waals surface area (Å²) >= 11 is 0. The average Bonchev–Trinajstić information content (AvgIpc) is 2.29. The number of aromatic hydroxyl groups is 1. The van der Waals surface area contributed by atoms with Crippen molar-refractivity contribution in [2.45, 2.75) is 0 Å². The molecule has 2 heterocycles. The highest BCUT2D eigenvalue weighted by atomic mass is 16.3. The Bertz CT molecular complexity index is 533. The number of nitrogens with one attached hydrogen (secondary N) is 2. The minimum Gasteiger partial charge on any atom is -0.493 e. The first kappa shape index (κ1) is 6.71. The Morgan fingerprint density at radius 3 is 2.83 bits per heavy atom. The predicted molar refractivity (Wildman–Crippen MR) is 40.3 cm³/mol. The number of rotatable bonds is 0. The summed E-state index contributed by atoms with van der Waals surface area (Å²) in [6.45, 7) is 0. The van der Waals surface area contributed by atoms with Crippen LogP contribution in [0.2, 0.25) is 0 Å². The third-order valence-corrected chi connectivity index (χ3v) is 1.48. The first-order valence-corrected chi connectivity index (χ1v) is 3.20. The van der Waals surface area contributed by atoms with E-state index in [-0.39, 0.29) is 11.5 Å². The Morgan fingerprint density at radius 2 is 2.08 bits per heavy atom. The number of fused-ring (bicyclic) bond motifs is 1. The van der Waals surface area contributed by atoms with Crippen molar-refractivity contribution in [3.8, 4) is 5.88 Å². The zero-order chi connectivity index (χ0) is 8.72. The zero-order valence-electron chi connectivity index (χ0n) is 5.87. The molecule has 0 spiro atoms. The average molecular weight is 167 g/mol. The lowest BCUT2D eigenvalue weighted by atomic mass is 10.6. The highest BCUT2D eigenvalue weighted by Crippen LogP contribution is 2.03. The fourth-order valence-electron chi connectivity index (χ4n) is 1.02. The maximum absolute atomic E-state index is 11.0. The number of aromatic amines is 2. The molecular formula is C6H5N3O3. The summed E-state index contributed by atoms with van der Waals surface area (Å²) in [4.78, 5) is 26.2. The summed E-state index contributed by atoms with van der Waals surface area (Å²) in [5.74, 6) is -0.161. The van der Waals surface area contributed by atoms with Crippen molar-refractivity contribution >= 4 is 5.65 Å². The summed E-state index contributed by atoms with van der Waals surface area (Å²) in [6, 6.07) is 1.18. The van der Waals surface area contributed by atoms with E-state index >= 15 is 0 Å². The van der Waals surface area contributed by atoms with Crippen LogP contribution in [0.25, 0.3) is 5.65 Å². The lowest BCUT2D eigenvalue weighted by Gasteiger charge is -1.86. The molecule has 0 fully saturated rings. The van der Waals surface area contributed by atoms with Crippen LogP contribution in [0.5, 0.6) is 5.88 Å². The topological polar surface area (TPSA) is 90.4 Å². The van der Waals surface area contributed by atoms with Crippen LogP contribution in [-0.2, 0) is 0 Å². The van der Waals surface area contributed by atoms with Gasteiger partial charge in [-0.2, -0.15) is 0 Å². The summed E-state index contributed by atoms with van der Waals surface area (Å²) < 4.78 is 1.11. The largest absolute Gasteiger partial charge is 0.493 e. The molecule has 0 aliphatic rings. The molecular weight excluding hydrogens is 162 g/mol. The second-order valence-electron chi connectivity index (χ2n) is 2.33. The molecule has 0 aromatic carbocycles. The molecule has 0 amide bonds. The van der Waals surface area contributed by atoms with Gasteiger partial charge in [0, 0.05) is 6.07 Å². The zero-order valence-corrected chi connectivity index (χ0v) is 5.87. The van der Waals surface area contributed by atoms with Crippen LogP contribution in [0.4, 0.5) is 0 Å². The van der Waals surface area contributed by atoms with E-state index in [4.69, 9.17) is 5.11 Å². The fourth-order valence-corrected chi connectivity index (χ4v) is 1.02. The van der Waals surface area contributed by atoms with E-state index in [0.717, 1.165) is 4.40 Å². The predicted octanol–water partition coefficient (Wildman–Crippen LogP) is -0.979. The van der Waals surface area contributed by atoms with Crippen molar-refractivity contribution in [1.29, 1.82) is 0 Å². The normalized spacial score (nSPS) is 10.7. The SMILES string of the molecule is O=c1cc2[nH]c(O)cn2c(=O)[nH]1. The standard InChI is InChI=1S/C6H5N3O3/c10-4-1-3-7-5(11)2-9(3)6(12)8-4/h1-2,7,11H,(H,8,10,12). The van der Waals surface area contributed by atoms with Gasteiger partial charge in [-0.25, -0.2) is 9.20 Å². The maximum Gasteiger partial charge on any atom is 0.334 e. The van der Waals surface area contributed by atoms with Crippen LogP contribution in [0.15, 0.2) is 21.9 Å². The minimum atomic E-state index is -0.575. The number of nitrogens with zero attached hydrogens (tertiary/aromatic N) is 1. The van der Waals surface area contributed by atoms with Crippen molar-refractivity contribution in [2.75, 3.05) is 0 Å². The van der Waals surface area contributed by atoms with E-state index < -0.39 is 11.2 Å². The Balaban J connectivity index is 3.08. The molecule has 0 saturated heterocycles. The number of hydrogen-bond donors (Lipinski definition) is 3. The molecule has 0 aliphatic heterocycles. The van der Waals surface area contributed by atoms with Crippen molar-refractivity contribution < 1.29 is 5.11 Å². The smallest absolute Gasteiger partial charge is 0.334 e. The van der Waals surface area contributed by atoms with Crippen molar-refractivity contribution in [3.05, 3.63) is 33.1 Å². The number of H-pyrrole nitrogens is 2. The first-order valence-electron chi connectivity index (χ1n) is 3.20. The van der Waals surface area contributed by atoms with Gasteiger partial charge in [-0.05, 0) is 0 Å². The molecule has 62 valence electrons. The molecule has 0 unspecified atom stereocenters. The summed E-state index contributed by atoms with van der Waals surface area (Å²) in [5.41, 5.74) is -0.808. The third-order valence-electron chi connectivity index (χ3n) is 1.48. The lowest BCUT2D eigenvalue weighted by molar-refractivity contribution is 0.457. The van der Waals surface area contributed by atoms with Gasteiger partial charge in [0.05, 0.1) is 6.20 Å². The first-order chi connectivity index (χ1) is 5.66. The summed E-state index contributed by atoms with van der Waals surface area (Å²) in [7, 11) is 0. The molecule has 12 heavy (non-hydrogen) atoms. The van der Waals surface area contributed by atoms with E-state index in [2.05, 4.69) is 4.98 Å². The van der Waals surface area contributed by atoms with Gasteiger partial charge in [0.25, 0.3) is 5.56 Å². The van der Waals surface area contributed by atoms with Crippen LogP contribution >= 0.6 is 0 Å². The third kappa shape index (κ3) is 0.815. The van der Waals surface area contributed by atoms with E-state index in [1.54, 1.807) is 0 Å². The minimum absolute atomic E-state index is 0.161. The van der Waals surface area contributed by atoms with Crippen molar-refractivity contribution in [2.24, 2.45) is 0 Å². The van der Waals surface area contributed by atoms with Crippen LogP contribution in [-0.4, -0.2) is 19.5 Å². The highest BCUT2D eigenvalue weighted by molar-refractivity contribution is 5.39. The van der Waals surface area contributed by atoms with Gasteiger partial charge in [-0.3, -0.25) is 9.78 Å². The molecule has 2 aromatic rings. The van der Waals surface area contributed by atoms with Gasteiger partial charge in [0.1, 0.15) is 5.65 Å². The fraction of sp³-hybridized carbons (Fsp3) is 0. The molecule has 0 aliphatic carbocycles. The molecule has 6 heteroatoms. The molecule has 2 aromatic heterocycles. The second kappa shape index (κ2) is 2.00. The highest BCUT2D eigenvalue weighted by Gasteiger charge is 2.00. The van der Waals surface area contributed by atoms with Gasteiger partial charge >= 0.3 is 5.69 Å². The molecule has 0 saturated carbocycles. The maximum atomic E-state index is 11.0. The quantitative estimate of drug-likeness (QED) is 0.471. The number of aromatic nitrogens is 3. The molecule has 3 N–H and O–H groups in total. The van der Waals surface area contributed by atoms with Crippen LogP contribution < -0.4 is 11.2 Å². The van der Waals surface area contributed by atoms with E-state index in [1.165, 1.54) is 12.3 Å². The Labute approximate surface area is 65.1 Å². The molecule has 2 rings (SSSR count). The number of imidazole rings is 1. The van der Waals surface area contributed by atoms with E-state index in [1.807, 2.05) is 4.98 Å². The van der Waals surface area contributed by atoms with Crippen LogP contribution in [0, 0.1) is 0 Å². The summed E-state index contributed by atoms with van der Waals surface area (Å²) in [5, 5.41) is 8.94. The van der Waals surface area contributed by atoms with Crippen LogP contribution in [0.3, 0.4) is 0 Å². The Kier molecular flexibility index (Phi) is 1.12. The Hall–Kier alpha value is -1.98. The second-order valence-corrected chi connectivity index (χ2v) is 2.33. The van der Waals surface area contributed by atoms with E-state index in [0.29, 0.717) is 0 Å².